The Morgan fingerprint density at radius 3 is 1.09 bits per heavy atom. The molecule has 38 heteroatoms. The molecule has 138 heavy (non-hydrogen) atoms. The normalized spacial score (nSPS) is 22.5. The van der Waals surface area contributed by atoms with Crippen LogP contribution in [0, 0.1) is 41.4 Å². The number of esters is 6. The molecule has 17 unspecified atom stereocenters. The van der Waals surface area contributed by atoms with Gasteiger partial charge in [0.25, 0.3) is 8.53 Å². The molecule has 0 aromatic heterocycles. The van der Waals surface area contributed by atoms with Gasteiger partial charge in [0, 0.05) is 77.9 Å². The van der Waals surface area contributed by atoms with Crippen molar-refractivity contribution in [2.75, 3.05) is 179 Å². The third-order valence-electron chi connectivity index (χ3n) is 24.8. The van der Waals surface area contributed by atoms with Crippen LogP contribution in [-0.4, -0.2) is 310 Å². The number of nitrogens with one attached hydrogen (secondary N) is 4. The van der Waals surface area contributed by atoms with Crippen LogP contribution in [0.25, 0.3) is 0 Å². The highest BCUT2D eigenvalue weighted by Gasteiger charge is 2.47. The molecule has 0 radical (unpaired) electrons. The molecule has 782 valence electrons. The molecule has 3 aromatic rings. The molecule has 0 bridgehead atoms. The summed E-state index contributed by atoms with van der Waals surface area (Å²) in [6.07, 6.45) is -2.14. The SMILES string of the molecule is CCCOP(OCC(CCCCNC(CCC(=O)OCCOCCOCCOC1OC(COC(C)=O)C(C)C(C)C1NC(C)=O)(CCC(=O)OCCOCCOCCOC1OC(COC(C)=O)C(C)C(C)C1NC(C)=O)CC(=O)OCCOCCOCCOC1OC(COC(C)=O)C(C)C(C)C1NC(C)=O)COC(c1ccccc1)(c1ccc(OC)cc1)c1ccc(OC)cc1)N(C(C)C)C(C)C. The minimum atomic E-state index is -1.54. The topological polar surface area (TPSA) is 417 Å². The van der Waals surface area contributed by atoms with Crippen molar-refractivity contribution in [2.45, 2.75) is 254 Å². The molecule has 37 nitrogen and oxygen atoms in total. The van der Waals surface area contributed by atoms with Crippen molar-refractivity contribution < 1.29 is 152 Å². The third kappa shape index (κ3) is 42.4. The minimum absolute atomic E-state index is 0.00267. The maximum Gasteiger partial charge on any atom is 0.307 e. The van der Waals surface area contributed by atoms with Gasteiger partial charge in [0.1, 0.15) is 56.7 Å². The summed E-state index contributed by atoms with van der Waals surface area (Å²) < 4.78 is 140. The van der Waals surface area contributed by atoms with Gasteiger partial charge in [0.2, 0.25) is 17.7 Å². The molecule has 4 N–H and O–H groups in total. The quantitative estimate of drug-likeness (QED) is 0.0134. The second-order valence-electron chi connectivity index (χ2n) is 35.8. The number of benzene rings is 3. The largest absolute Gasteiger partial charge is 0.497 e. The first-order chi connectivity index (χ1) is 66.2. The fraction of sp³-hybridized carbons (Fsp3) is 0.730. The van der Waals surface area contributed by atoms with Gasteiger partial charge < -0.3 is 130 Å². The Bertz CT molecular complexity index is 3810. The number of carbonyl (C=O) groups is 9. The summed E-state index contributed by atoms with van der Waals surface area (Å²) in [5.41, 5.74) is 0.138. The fourth-order valence-corrected chi connectivity index (χ4v) is 18.5. The van der Waals surface area contributed by atoms with E-state index in [4.69, 9.17) is 109 Å². The zero-order valence-electron chi connectivity index (χ0n) is 84.9. The Kier molecular flexibility index (Phi) is 56.4. The smallest absolute Gasteiger partial charge is 0.307 e. The maximum atomic E-state index is 14.6. The van der Waals surface area contributed by atoms with Crippen molar-refractivity contribution in [1.29, 1.82) is 0 Å². The number of nitrogens with zero attached hydrogens (tertiary/aromatic N) is 1. The van der Waals surface area contributed by atoms with Gasteiger partial charge in [0.15, 0.2) is 18.9 Å². The monoisotopic (exact) mass is 1970 g/mol. The van der Waals surface area contributed by atoms with E-state index in [1.807, 2.05) is 108 Å². The van der Waals surface area contributed by atoms with E-state index in [-0.39, 0.29) is 255 Å². The molecular weight excluding hydrogens is 1810 g/mol. The number of methoxy groups -OCH3 is 2. The highest BCUT2D eigenvalue weighted by atomic mass is 31.2. The average molecular weight is 1980 g/mol. The van der Waals surface area contributed by atoms with Gasteiger partial charge in [-0.2, -0.15) is 0 Å². The van der Waals surface area contributed by atoms with E-state index in [2.05, 4.69) is 72.7 Å². The molecule has 3 aliphatic rings. The van der Waals surface area contributed by atoms with Crippen molar-refractivity contribution in [3.05, 3.63) is 95.6 Å². The first-order valence-electron chi connectivity index (χ1n) is 48.7. The zero-order chi connectivity index (χ0) is 101. The summed E-state index contributed by atoms with van der Waals surface area (Å²) in [6.45, 7) is 33.2. The standard InChI is InChI=1S/C100H160N5O32P/c1-20-42-133-138(105(67(2)3)68(4)5)134-63-81(62-132-100(82-27-22-21-23-28-82,83-29-33-85(115-18)34-30-83)84-31-35-86(116-19)36-32-84)26-24-25-41-101-99(61-92(114)125-57-51-119-45-48-122-54-60-128-98-95(104-77(14)108)74(11)71(8)89(137-98)66-131-80(17)111,39-37-90(112)123-55-49-117-43-46-120-52-58-126-96-93(102-75(12)106)72(9)69(6)87(135-96)64-129-78(15)109)40-38-91(113)124-56-50-118-44-47-121-53-59-127-97-94(103-76(13)107)73(10)70(7)88(136-97)65-130-79(16)110/h21-23,27-36,67-74,81,87-89,93-98,101H,20,24-26,37-66H2,1-19H3,(H,102,106)(H,103,107)(H,104,108). The van der Waals surface area contributed by atoms with Crippen LogP contribution >= 0.6 is 8.53 Å². The predicted octanol–water partition coefficient (Wildman–Crippen LogP) is 10.8. The summed E-state index contributed by atoms with van der Waals surface area (Å²) in [5.74, 6) is -3.26. The summed E-state index contributed by atoms with van der Waals surface area (Å²) in [6, 6.07) is 24.6. The van der Waals surface area contributed by atoms with Crippen LogP contribution < -0.4 is 30.7 Å². The van der Waals surface area contributed by atoms with E-state index in [1.54, 1.807) is 14.2 Å². The molecular formula is C100H160N5O32P. The lowest BCUT2D eigenvalue weighted by atomic mass is 9.79. The molecule has 17 atom stereocenters. The molecule has 3 aromatic carbocycles. The molecule has 0 spiro atoms. The Labute approximate surface area is 817 Å². The molecule has 6 rings (SSSR count). The van der Waals surface area contributed by atoms with Gasteiger partial charge in [-0.25, -0.2) is 4.67 Å². The molecule has 0 aliphatic carbocycles. The van der Waals surface area contributed by atoms with Crippen molar-refractivity contribution in [1.82, 2.24) is 25.9 Å². The van der Waals surface area contributed by atoms with Gasteiger partial charge in [-0.15, -0.1) is 0 Å². The summed E-state index contributed by atoms with van der Waals surface area (Å²) in [5, 5.41) is 12.5. The van der Waals surface area contributed by atoms with E-state index in [0.717, 1.165) is 23.1 Å². The first kappa shape index (κ1) is 119. The molecule has 3 aliphatic heterocycles. The molecule has 3 heterocycles. The Morgan fingerprint density at radius 1 is 0.406 bits per heavy atom. The van der Waals surface area contributed by atoms with Crippen LogP contribution in [0.4, 0.5) is 0 Å². The van der Waals surface area contributed by atoms with E-state index in [9.17, 15) is 43.2 Å². The summed E-state index contributed by atoms with van der Waals surface area (Å²) in [7, 11) is 1.71. The van der Waals surface area contributed by atoms with Crippen LogP contribution in [-0.2, 0) is 148 Å². The van der Waals surface area contributed by atoms with Crippen LogP contribution in [0.15, 0.2) is 78.9 Å². The van der Waals surface area contributed by atoms with E-state index in [1.165, 1.54) is 41.5 Å². The van der Waals surface area contributed by atoms with Crippen LogP contribution in [0.2, 0.25) is 0 Å². The third-order valence-corrected chi connectivity index (χ3v) is 26.8. The molecule has 3 fully saturated rings. The Morgan fingerprint density at radius 2 is 0.754 bits per heavy atom. The second kappa shape index (κ2) is 65.4. The predicted molar refractivity (Wildman–Crippen MR) is 510 cm³/mol. The van der Waals surface area contributed by atoms with Gasteiger partial charge in [-0.05, 0) is 143 Å². The first-order valence-corrected chi connectivity index (χ1v) is 49.8. The number of unbranched alkanes of at least 4 members (excludes halogenated alkanes) is 1. The Balaban J connectivity index is 1.20. The van der Waals surface area contributed by atoms with E-state index >= 15 is 0 Å². The van der Waals surface area contributed by atoms with Crippen LogP contribution in [0.3, 0.4) is 0 Å². The van der Waals surface area contributed by atoms with Gasteiger partial charge in [0.05, 0.1) is 176 Å². The number of ether oxygens (including phenoxy) is 21. The average Bonchev–Trinajstić information content (AvgIpc) is 0.749. The van der Waals surface area contributed by atoms with E-state index < -0.39 is 111 Å². The molecule has 3 amide bonds. The van der Waals surface area contributed by atoms with Crippen molar-refractivity contribution in [3.63, 3.8) is 0 Å². The molecule has 3 saturated heterocycles. The lowest BCUT2D eigenvalue weighted by Crippen LogP contribution is -2.58. The number of carbonyl (C=O) groups excluding carboxylic acids is 9. The lowest BCUT2D eigenvalue weighted by Gasteiger charge is -2.44. The number of rotatable bonds is 70. The maximum absolute atomic E-state index is 14.6. The highest BCUT2D eigenvalue weighted by molar-refractivity contribution is 7.44. The Hall–Kier alpha value is -7.76. The van der Waals surface area contributed by atoms with Crippen LogP contribution in [0.1, 0.15) is 192 Å². The molecule has 0 saturated carbocycles. The van der Waals surface area contributed by atoms with Crippen molar-refractivity contribution in [3.8, 4) is 11.5 Å². The summed E-state index contributed by atoms with van der Waals surface area (Å²) >= 11 is 0. The number of hydrogen-bond acceptors (Lipinski definition) is 34. The second-order valence-corrected chi connectivity index (χ2v) is 37.3. The lowest BCUT2D eigenvalue weighted by molar-refractivity contribution is -0.247. The minimum Gasteiger partial charge on any atom is -0.497 e. The van der Waals surface area contributed by atoms with E-state index in [0.29, 0.717) is 43.9 Å². The van der Waals surface area contributed by atoms with Gasteiger partial charge >= 0.3 is 35.8 Å². The number of hydrogen-bond donors (Lipinski definition) is 4. The van der Waals surface area contributed by atoms with Crippen LogP contribution in [0.5, 0.6) is 11.5 Å². The van der Waals surface area contributed by atoms with Gasteiger partial charge in [-0.3, -0.25) is 43.2 Å². The van der Waals surface area contributed by atoms with Gasteiger partial charge in [-0.1, -0.05) is 109 Å². The number of amides is 3. The summed E-state index contributed by atoms with van der Waals surface area (Å²) in [4.78, 5) is 115. The van der Waals surface area contributed by atoms with Crippen molar-refractivity contribution >= 4 is 62.1 Å². The highest BCUT2D eigenvalue weighted by Crippen LogP contribution is 2.48. The fourth-order valence-electron chi connectivity index (χ4n) is 16.7. The zero-order valence-corrected chi connectivity index (χ0v) is 85.8. The van der Waals surface area contributed by atoms with Crippen molar-refractivity contribution in [2.24, 2.45) is 41.4 Å².